The molecule has 1 atom stereocenters. The van der Waals surface area contributed by atoms with E-state index >= 15 is 0 Å². The van der Waals surface area contributed by atoms with Gasteiger partial charge in [0.15, 0.2) is 5.96 Å². The fourth-order valence-electron chi connectivity index (χ4n) is 3.81. The highest BCUT2D eigenvalue weighted by molar-refractivity contribution is 14.0. The fourth-order valence-corrected chi connectivity index (χ4v) is 4.67. The van der Waals surface area contributed by atoms with Crippen molar-refractivity contribution < 1.29 is 4.74 Å². The molecule has 172 valence electrons. The zero-order chi connectivity index (χ0) is 21.2. The van der Waals surface area contributed by atoms with Gasteiger partial charge >= 0.3 is 0 Å². The minimum Gasteiger partial charge on any atom is -0.381 e. The van der Waals surface area contributed by atoms with Crippen LogP contribution in [0, 0.1) is 0 Å². The second kappa shape index (κ2) is 13.3. The lowest BCUT2D eigenvalue weighted by Crippen LogP contribution is -2.58. The first-order valence-corrected chi connectivity index (χ1v) is 11.7. The van der Waals surface area contributed by atoms with E-state index in [-0.39, 0.29) is 35.6 Å². The predicted octanol–water partition coefficient (Wildman–Crippen LogP) is 3.93. The summed E-state index contributed by atoms with van der Waals surface area (Å²) in [6.45, 7) is 7.60. The van der Waals surface area contributed by atoms with Crippen molar-refractivity contribution in [2.45, 2.75) is 51.1 Å². The summed E-state index contributed by atoms with van der Waals surface area (Å²) in [4.78, 5) is 10.2. The minimum absolute atomic E-state index is 0. The van der Waals surface area contributed by atoms with Crippen LogP contribution in [0.25, 0.3) is 0 Å². The van der Waals surface area contributed by atoms with Crippen LogP contribution in [-0.4, -0.2) is 49.8 Å². The zero-order valence-corrected chi connectivity index (χ0v) is 22.0. The number of nitrogens with zero attached hydrogens (tertiary/aromatic N) is 2. The van der Waals surface area contributed by atoms with Crippen LogP contribution in [0.15, 0.2) is 41.5 Å². The molecule has 1 aliphatic rings. The highest BCUT2D eigenvalue weighted by atomic mass is 127. The third-order valence-corrected chi connectivity index (χ3v) is 6.87. The molecule has 3 N–H and O–H groups in total. The molecule has 1 aromatic carbocycles. The van der Waals surface area contributed by atoms with E-state index in [4.69, 9.17) is 4.74 Å². The maximum atomic E-state index is 5.65. The standard InChI is InChI=1S/C23H35N5OS.HI/c1-4-20-16-26-21(30-20)10-13-25-22(24-3)27-17-23(11-14-29-15-12-23)28-18(2)19-8-6-5-7-9-19;/h5-9,16,18,28H,4,10-15,17H2,1-3H3,(H2,24,25,27);1H. The Morgan fingerprint density at radius 2 is 1.97 bits per heavy atom. The Hall–Kier alpha value is -1.23. The first kappa shape index (κ1) is 26.0. The van der Waals surface area contributed by atoms with E-state index in [0.717, 1.165) is 57.9 Å². The van der Waals surface area contributed by atoms with Crippen molar-refractivity contribution >= 4 is 41.3 Å². The molecule has 2 heterocycles. The normalized spacial score (nSPS) is 16.9. The highest BCUT2D eigenvalue weighted by Crippen LogP contribution is 2.25. The second-order valence-electron chi connectivity index (χ2n) is 7.85. The van der Waals surface area contributed by atoms with Gasteiger partial charge in [-0.25, -0.2) is 4.98 Å². The maximum Gasteiger partial charge on any atom is 0.191 e. The van der Waals surface area contributed by atoms with Crippen molar-refractivity contribution in [1.82, 2.24) is 20.9 Å². The van der Waals surface area contributed by atoms with E-state index < -0.39 is 0 Å². The van der Waals surface area contributed by atoms with Gasteiger partial charge in [0.05, 0.1) is 5.01 Å². The van der Waals surface area contributed by atoms with E-state index in [2.05, 4.69) is 70.1 Å². The molecule has 1 aromatic heterocycles. The van der Waals surface area contributed by atoms with Crippen molar-refractivity contribution in [2.24, 2.45) is 4.99 Å². The van der Waals surface area contributed by atoms with Gasteiger partial charge in [0, 0.05) is 62.4 Å². The van der Waals surface area contributed by atoms with Crippen LogP contribution in [0.1, 0.15) is 48.2 Å². The molecule has 1 aliphatic heterocycles. The number of ether oxygens (including phenoxy) is 1. The Morgan fingerprint density at radius 3 is 2.61 bits per heavy atom. The monoisotopic (exact) mass is 557 g/mol. The molecular weight excluding hydrogens is 521 g/mol. The third kappa shape index (κ3) is 8.00. The Balaban J connectivity index is 0.00000341. The number of hydrogen-bond acceptors (Lipinski definition) is 5. The first-order chi connectivity index (χ1) is 14.6. The molecule has 8 heteroatoms. The van der Waals surface area contributed by atoms with Crippen molar-refractivity contribution in [3.8, 4) is 0 Å². The average molecular weight is 558 g/mol. The number of thiazole rings is 1. The summed E-state index contributed by atoms with van der Waals surface area (Å²) >= 11 is 1.80. The van der Waals surface area contributed by atoms with Crippen molar-refractivity contribution in [3.05, 3.63) is 52.0 Å². The first-order valence-electron chi connectivity index (χ1n) is 10.9. The summed E-state index contributed by atoms with van der Waals surface area (Å²) in [6.07, 6.45) is 5.91. The number of aliphatic imine (C=N–C) groups is 1. The van der Waals surface area contributed by atoms with Crippen LogP contribution in [0.2, 0.25) is 0 Å². The highest BCUT2D eigenvalue weighted by Gasteiger charge is 2.34. The van der Waals surface area contributed by atoms with Crippen LogP contribution in [0.3, 0.4) is 0 Å². The number of aromatic nitrogens is 1. The van der Waals surface area contributed by atoms with Crippen LogP contribution in [-0.2, 0) is 17.6 Å². The largest absolute Gasteiger partial charge is 0.381 e. The number of rotatable bonds is 9. The number of aryl methyl sites for hydroxylation is 1. The van der Waals surface area contributed by atoms with Crippen LogP contribution in [0.5, 0.6) is 0 Å². The van der Waals surface area contributed by atoms with E-state index in [1.807, 2.05) is 13.2 Å². The summed E-state index contributed by atoms with van der Waals surface area (Å²) in [5.74, 6) is 0.835. The SMILES string of the molecule is CCc1cnc(CCNC(=NC)NCC2(NC(C)c3ccccc3)CCOCC2)s1.I. The van der Waals surface area contributed by atoms with Gasteiger partial charge in [-0.2, -0.15) is 0 Å². The van der Waals surface area contributed by atoms with Gasteiger partial charge in [-0.3, -0.25) is 4.99 Å². The van der Waals surface area contributed by atoms with Crippen molar-refractivity contribution in [3.63, 3.8) is 0 Å². The fraction of sp³-hybridized carbons (Fsp3) is 0.565. The Morgan fingerprint density at radius 1 is 1.23 bits per heavy atom. The molecule has 1 unspecified atom stereocenters. The van der Waals surface area contributed by atoms with Crippen LogP contribution < -0.4 is 16.0 Å². The van der Waals surface area contributed by atoms with Gasteiger partial charge in [-0.05, 0) is 31.7 Å². The number of benzene rings is 1. The minimum atomic E-state index is -0.0174. The molecule has 0 aliphatic carbocycles. The van der Waals surface area contributed by atoms with Gasteiger partial charge in [0.25, 0.3) is 0 Å². The van der Waals surface area contributed by atoms with Gasteiger partial charge in [-0.1, -0.05) is 37.3 Å². The molecule has 0 spiro atoms. The van der Waals surface area contributed by atoms with Gasteiger partial charge < -0.3 is 20.7 Å². The van der Waals surface area contributed by atoms with Crippen molar-refractivity contribution in [1.29, 1.82) is 0 Å². The molecule has 31 heavy (non-hydrogen) atoms. The Bertz CT molecular complexity index is 792. The van der Waals surface area contributed by atoms with E-state index in [1.54, 1.807) is 11.3 Å². The molecule has 6 nitrogen and oxygen atoms in total. The quantitative estimate of drug-likeness (QED) is 0.248. The second-order valence-corrected chi connectivity index (χ2v) is 9.05. The summed E-state index contributed by atoms with van der Waals surface area (Å²) in [7, 11) is 1.82. The van der Waals surface area contributed by atoms with E-state index in [0.29, 0.717) is 0 Å². The number of halogens is 1. The smallest absolute Gasteiger partial charge is 0.191 e. The topological polar surface area (TPSA) is 70.6 Å². The lowest BCUT2D eigenvalue weighted by molar-refractivity contribution is 0.0355. The van der Waals surface area contributed by atoms with Gasteiger partial charge in [0.1, 0.15) is 0 Å². The van der Waals surface area contributed by atoms with E-state index in [1.165, 1.54) is 15.4 Å². The lowest BCUT2D eigenvalue weighted by Gasteiger charge is -2.41. The summed E-state index contributed by atoms with van der Waals surface area (Å²) in [5, 5.41) is 12.0. The zero-order valence-electron chi connectivity index (χ0n) is 18.8. The maximum absolute atomic E-state index is 5.65. The molecule has 1 fully saturated rings. The summed E-state index contributed by atoms with van der Waals surface area (Å²) in [6, 6.07) is 10.9. The van der Waals surface area contributed by atoms with Gasteiger partial charge in [-0.15, -0.1) is 35.3 Å². The van der Waals surface area contributed by atoms with Crippen LogP contribution in [0.4, 0.5) is 0 Å². The van der Waals surface area contributed by atoms with Gasteiger partial charge in [0.2, 0.25) is 0 Å². The number of guanidine groups is 1. The molecule has 0 radical (unpaired) electrons. The van der Waals surface area contributed by atoms with Crippen LogP contribution >= 0.6 is 35.3 Å². The average Bonchev–Trinajstić information content (AvgIpc) is 3.25. The molecule has 0 saturated carbocycles. The van der Waals surface area contributed by atoms with Crippen molar-refractivity contribution in [2.75, 3.05) is 33.4 Å². The molecule has 0 bridgehead atoms. The molecule has 0 amide bonds. The van der Waals surface area contributed by atoms with E-state index in [9.17, 15) is 0 Å². The predicted molar refractivity (Wildman–Crippen MR) is 141 cm³/mol. The molecule has 3 rings (SSSR count). The Kier molecular flexibility index (Phi) is 11.2. The molecule has 2 aromatic rings. The molecule has 1 saturated heterocycles. The lowest BCUT2D eigenvalue weighted by atomic mass is 9.88. The third-order valence-electron chi connectivity index (χ3n) is 5.67. The number of hydrogen-bond donors (Lipinski definition) is 3. The summed E-state index contributed by atoms with van der Waals surface area (Å²) < 4.78 is 5.65. The Labute approximate surface area is 207 Å². The summed E-state index contributed by atoms with van der Waals surface area (Å²) in [5.41, 5.74) is 1.29. The number of nitrogens with one attached hydrogen (secondary N) is 3. The molecular formula is C23H36IN5OS.